The molecule has 0 aliphatic rings. The van der Waals surface area contributed by atoms with Crippen molar-refractivity contribution < 1.29 is 28.6 Å². The minimum absolute atomic E-state index is 0.0643. The maximum absolute atomic E-state index is 13.0. The molecule has 1 atom stereocenters. The van der Waals surface area contributed by atoms with E-state index in [1.165, 1.54) is 327 Å². The predicted molar refractivity (Wildman–Crippen MR) is 363 cm³/mol. The summed E-state index contributed by atoms with van der Waals surface area (Å²) in [4.78, 5) is 38.6. The molecule has 0 spiro atoms. The van der Waals surface area contributed by atoms with Gasteiger partial charge in [0, 0.05) is 19.3 Å². The summed E-state index contributed by atoms with van der Waals surface area (Å²) in [6, 6.07) is 0. The number of carbonyl (C=O) groups is 3. The summed E-state index contributed by atoms with van der Waals surface area (Å²) in [5, 5.41) is 0. The fraction of sp³-hybridized carbons (Fsp3) is 0.909. The van der Waals surface area contributed by atoms with E-state index in [1.807, 2.05) is 0 Å². The Morgan fingerprint density at radius 1 is 0.241 bits per heavy atom. The highest BCUT2D eigenvalue weighted by molar-refractivity contribution is 5.71. The highest BCUT2D eigenvalue weighted by Gasteiger charge is 2.20. The zero-order chi connectivity index (χ0) is 59.9. The van der Waals surface area contributed by atoms with Gasteiger partial charge in [0.1, 0.15) is 13.2 Å². The molecule has 0 bridgehead atoms. The second kappa shape index (κ2) is 72.4. The van der Waals surface area contributed by atoms with Crippen LogP contribution in [0.4, 0.5) is 0 Å². The maximum atomic E-state index is 13.0. The van der Waals surface area contributed by atoms with Crippen molar-refractivity contribution >= 4 is 17.9 Å². The van der Waals surface area contributed by atoms with Crippen LogP contribution in [0, 0.1) is 0 Å². The van der Waals surface area contributed by atoms with Gasteiger partial charge in [-0.05, 0) is 51.4 Å². The monoisotopic (exact) mass is 1170 g/mol. The van der Waals surface area contributed by atoms with Crippen molar-refractivity contribution in [1.29, 1.82) is 0 Å². The standard InChI is InChI=1S/C77H146O6/c1-4-7-10-13-16-19-22-25-28-31-34-36-38-40-43-46-49-52-55-58-61-64-67-70-76(79)82-73-74(72-81-75(78)69-66-63-60-57-54-51-48-45-42-33-30-27-24-21-18-15-12-9-6-3)83-77(80)71-68-65-62-59-56-53-50-47-44-41-39-37-35-32-29-26-23-20-17-14-11-8-5-2/h22,25,31,34,74H,4-21,23-24,26-30,32-33,35-73H2,1-3H3/b25-22-,34-31-. The Morgan fingerprint density at radius 2 is 0.434 bits per heavy atom. The lowest BCUT2D eigenvalue weighted by Crippen LogP contribution is -2.30. The van der Waals surface area contributed by atoms with E-state index in [0.717, 1.165) is 64.2 Å². The lowest BCUT2D eigenvalue weighted by molar-refractivity contribution is -0.167. The largest absolute Gasteiger partial charge is 0.462 e. The lowest BCUT2D eigenvalue weighted by Gasteiger charge is -2.18. The number of unbranched alkanes of at least 4 members (excludes halogenated alkanes) is 56. The molecular weight excluding hydrogens is 1020 g/mol. The minimum Gasteiger partial charge on any atom is -0.462 e. The maximum Gasteiger partial charge on any atom is 0.306 e. The molecule has 83 heavy (non-hydrogen) atoms. The molecule has 0 aromatic carbocycles. The molecule has 6 heteroatoms. The first-order valence-electron chi connectivity index (χ1n) is 37.8. The molecule has 490 valence electrons. The zero-order valence-electron chi connectivity index (χ0n) is 56.5. The molecule has 0 heterocycles. The second-order valence-corrected chi connectivity index (χ2v) is 25.9. The summed E-state index contributed by atoms with van der Waals surface area (Å²) in [5.74, 6) is -0.827. The van der Waals surface area contributed by atoms with Gasteiger partial charge in [0.25, 0.3) is 0 Å². The molecule has 0 amide bonds. The first-order valence-corrected chi connectivity index (χ1v) is 37.8. The van der Waals surface area contributed by atoms with Gasteiger partial charge in [-0.3, -0.25) is 14.4 Å². The fourth-order valence-corrected chi connectivity index (χ4v) is 11.8. The zero-order valence-corrected chi connectivity index (χ0v) is 56.5. The molecule has 0 saturated carbocycles. The topological polar surface area (TPSA) is 78.9 Å². The van der Waals surface area contributed by atoms with Crippen molar-refractivity contribution in [3.63, 3.8) is 0 Å². The third-order valence-electron chi connectivity index (χ3n) is 17.5. The predicted octanol–water partition coefficient (Wildman–Crippen LogP) is 26.1. The van der Waals surface area contributed by atoms with Crippen molar-refractivity contribution in [1.82, 2.24) is 0 Å². The van der Waals surface area contributed by atoms with Crippen LogP contribution in [0.1, 0.15) is 432 Å². The van der Waals surface area contributed by atoms with Gasteiger partial charge < -0.3 is 14.2 Å². The smallest absolute Gasteiger partial charge is 0.306 e. The van der Waals surface area contributed by atoms with Gasteiger partial charge in [-0.25, -0.2) is 0 Å². The van der Waals surface area contributed by atoms with Crippen molar-refractivity contribution in [2.45, 2.75) is 438 Å². The second-order valence-electron chi connectivity index (χ2n) is 25.9. The van der Waals surface area contributed by atoms with Crippen LogP contribution in [0.5, 0.6) is 0 Å². The summed E-state index contributed by atoms with van der Waals surface area (Å²) in [6.07, 6.45) is 89.3. The quantitative estimate of drug-likeness (QED) is 0.0261. The van der Waals surface area contributed by atoms with E-state index in [0.29, 0.717) is 19.3 Å². The summed E-state index contributed by atoms with van der Waals surface area (Å²) < 4.78 is 17.1. The van der Waals surface area contributed by atoms with Gasteiger partial charge in [0.2, 0.25) is 0 Å². The molecule has 0 saturated heterocycles. The highest BCUT2D eigenvalue weighted by Crippen LogP contribution is 2.19. The van der Waals surface area contributed by atoms with Gasteiger partial charge in [0.15, 0.2) is 6.10 Å². The molecule has 1 unspecified atom stereocenters. The SMILES string of the molecule is CCCCCCC/C=C\C/C=C\CCCCCCCCCCCCCC(=O)OCC(COC(=O)CCCCCCCCCCCCCCCCCCCCC)OC(=O)CCCCCCCCCCCCCCCCCCCCCCCCC. The Hall–Kier alpha value is -2.11. The van der Waals surface area contributed by atoms with Crippen molar-refractivity contribution in [3.8, 4) is 0 Å². The number of allylic oxidation sites excluding steroid dienone is 4. The van der Waals surface area contributed by atoms with Crippen LogP contribution in [-0.4, -0.2) is 37.2 Å². The first kappa shape index (κ1) is 80.9. The third kappa shape index (κ3) is 70.5. The Morgan fingerprint density at radius 3 is 0.663 bits per heavy atom. The summed E-state index contributed by atoms with van der Waals surface area (Å²) >= 11 is 0. The van der Waals surface area contributed by atoms with Crippen LogP contribution in [0.25, 0.3) is 0 Å². The normalized spacial score (nSPS) is 12.1. The van der Waals surface area contributed by atoms with Crippen molar-refractivity contribution in [3.05, 3.63) is 24.3 Å². The van der Waals surface area contributed by atoms with E-state index in [1.54, 1.807) is 0 Å². The molecule has 0 radical (unpaired) electrons. The molecule has 0 aromatic rings. The molecular formula is C77H146O6. The van der Waals surface area contributed by atoms with Crippen molar-refractivity contribution in [2.75, 3.05) is 13.2 Å². The van der Waals surface area contributed by atoms with E-state index in [9.17, 15) is 14.4 Å². The molecule has 0 rings (SSSR count). The Balaban J connectivity index is 4.29. The number of hydrogen-bond donors (Lipinski definition) is 0. The van der Waals surface area contributed by atoms with E-state index >= 15 is 0 Å². The van der Waals surface area contributed by atoms with E-state index in [4.69, 9.17) is 14.2 Å². The van der Waals surface area contributed by atoms with Crippen LogP contribution in [0.3, 0.4) is 0 Å². The average Bonchev–Trinajstić information content (AvgIpc) is 3.49. The Bertz CT molecular complexity index is 1340. The molecule has 0 aliphatic heterocycles. The summed E-state index contributed by atoms with van der Waals surface area (Å²) in [7, 11) is 0. The van der Waals surface area contributed by atoms with E-state index in [-0.39, 0.29) is 31.1 Å². The minimum atomic E-state index is -0.770. The van der Waals surface area contributed by atoms with Crippen LogP contribution in [0.2, 0.25) is 0 Å². The number of hydrogen-bond acceptors (Lipinski definition) is 6. The van der Waals surface area contributed by atoms with Gasteiger partial charge >= 0.3 is 17.9 Å². The van der Waals surface area contributed by atoms with Crippen LogP contribution < -0.4 is 0 Å². The Kier molecular flexibility index (Phi) is 70.5. The van der Waals surface area contributed by atoms with Gasteiger partial charge in [-0.1, -0.05) is 385 Å². The molecule has 0 N–H and O–H groups in total. The highest BCUT2D eigenvalue weighted by atomic mass is 16.6. The number of ether oxygens (including phenoxy) is 3. The summed E-state index contributed by atoms with van der Waals surface area (Å²) in [6.45, 7) is 6.73. The first-order chi connectivity index (χ1) is 41.0. The van der Waals surface area contributed by atoms with Crippen LogP contribution in [-0.2, 0) is 28.6 Å². The van der Waals surface area contributed by atoms with Crippen LogP contribution in [0.15, 0.2) is 24.3 Å². The van der Waals surface area contributed by atoms with Gasteiger partial charge in [-0.2, -0.15) is 0 Å². The molecule has 0 aliphatic carbocycles. The Labute approximate surface area is 519 Å². The van der Waals surface area contributed by atoms with E-state index in [2.05, 4.69) is 45.1 Å². The number of carbonyl (C=O) groups excluding carboxylic acids is 3. The third-order valence-corrected chi connectivity index (χ3v) is 17.5. The summed E-state index contributed by atoms with van der Waals surface area (Å²) in [5.41, 5.74) is 0. The molecule has 6 nitrogen and oxygen atoms in total. The van der Waals surface area contributed by atoms with Gasteiger partial charge in [0.05, 0.1) is 0 Å². The molecule has 0 fully saturated rings. The molecule has 0 aromatic heterocycles. The van der Waals surface area contributed by atoms with E-state index < -0.39 is 6.10 Å². The van der Waals surface area contributed by atoms with Crippen molar-refractivity contribution in [2.24, 2.45) is 0 Å². The number of rotatable bonds is 71. The fourth-order valence-electron chi connectivity index (χ4n) is 11.8. The average molecular weight is 1170 g/mol. The van der Waals surface area contributed by atoms with Crippen LogP contribution >= 0.6 is 0 Å². The lowest BCUT2D eigenvalue weighted by atomic mass is 10.0. The number of esters is 3. The van der Waals surface area contributed by atoms with Gasteiger partial charge in [-0.15, -0.1) is 0 Å².